The van der Waals surface area contributed by atoms with Gasteiger partial charge in [0.25, 0.3) is 0 Å². The largest absolute Gasteiger partial charge is 0.457 e. The van der Waals surface area contributed by atoms with Crippen LogP contribution in [-0.4, -0.2) is 4.89 Å². The molecule has 0 saturated carbocycles. The highest BCUT2D eigenvalue weighted by molar-refractivity contribution is 7.52. The molecule has 5 aromatic rings. The second-order valence-electron chi connectivity index (χ2n) is 17.7. The molecule has 0 radical (unpaired) electrons. The van der Waals surface area contributed by atoms with E-state index in [1.807, 2.05) is 48.5 Å². The summed E-state index contributed by atoms with van der Waals surface area (Å²) in [4.78, 5) is 11.3. The lowest BCUT2D eigenvalue weighted by Crippen LogP contribution is -2.04. The van der Waals surface area contributed by atoms with E-state index in [9.17, 15) is 9.46 Å². The number of hydrogen-bond acceptors (Lipinski definition) is 3. The quantitative estimate of drug-likeness (QED) is 0.0346. The lowest BCUT2D eigenvalue weighted by atomic mass is 9.95. The van der Waals surface area contributed by atoms with Crippen LogP contribution in [0.1, 0.15) is 181 Å². The van der Waals surface area contributed by atoms with Gasteiger partial charge in [0.05, 0.1) is 6.16 Å². The first-order valence-corrected chi connectivity index (χ1v) is 26.3. The Bertz CT molecular complexity index is 1910. The Labute approximate surface area is 376 Å². The summed E-state index contributed by atoms with van der Waals surface area (Å²) >= 11 is 0. The van der Waals surface area contributed by atoms with Crippen LogP contribution < -0.4 is 9.26 Å². The summed E-state index contributed by atoms with van der Waals surface area (Å²) in [6, 6.07) is 41.2. The Morgan fingerprint density at radius 1 is 0.419 bits per heavy atom. The molecule has 0 heterocycles. The van der Waals surface area contributed by atoms with Gasteiger partial charge in [-0.15, -0.1) is 0 Å². The van der Waals surface area contributed by atoms with Crippen LogP contribution in [0.5, 0.6) is 17.2 Å². The topological polar surface area (TPSA) is 55.8 Å². The minimum atomic E-state index is -4.05. The van der Waals surface area contributed by atoms with Gasteiger partial charge in [-0.1, -0.05) is 226 Å². The van der Waals surface area contributed by atoms with Crippen molar-refractivity contribution in [3.05, 3.63) is 160 Å². The van der Waals surface area contributed by atoms with Crippen LogP contribution in [0.25, 0.3) is 0 Å². The molecule has 0 fully saturated rings. The highest BCUT2D eigenvalue weighted by Crippen LogP contribution is 2.47. The van der Waals surface area contributed by atoms with Gasteiger partial charge in [0, 0.05) is 12.8 Å². The van der Waals surface area contributed by atoms with Gasteiger partial charge in [-0.05, 0) is 88.9 Å². The Hall–Kier alpha value is -4.11. The molecule has 1 atom stereocenters. The molecule has 0 saturated heterocycles. The van der Waals surface area contributed by atoms with E-state index in [0.717, 1.165) is 58.6 Å². The van der Waals surface area contributed by atoms with Crippen molar-refractivity contribution in [3.63, 3.8) is 0 Å². The molecule has 0 aliphatic carbocycles. The van der Waals surface area contributed by atoms with E-state index in [4.69, 9.17) is 9.26 Å². The van der Waals surface area contributed by atoms with E-state index in [0.29, 0.717) is 18.6 Å². The molecule has 0 spiro atoms. The maximum Gasteiger partial charge on any atom is 0.380 e. The van der Waals surface area contributed by atoms with E-state index < -0.39 is 7.60 Å². The first-order valence-electron chi connectivity index (χ1n) is 24.5. The molecule has 0 aliphatic rings. The number of unbranched alkanes of at least 4 members (excludes halogenated alkanes) is 18. The van der Waals surface area contributed by atoms with Crippen LogP contribution in [0.15, 0.2) is 121 Å². The molecule has 4 nitrogen and oxygen atoms in total. The third-order valence-corrected chi connectivity index (χ3v) is 13.4. The Balaban J connectivity index is 1.23. The van der Waals surface area contributed by atoms with Crippen molar-refractivity contribution in [2.24, 2.45) is 0 Å². The summed E-state index contributed by atoms with van der Waals surface area (Å²) in [6.07, 6.45) is 29.8. The molecule has 62 heavy (non-hydrogen) atoms. The number of aryl methyl sites for hydroxylation is 2. The second kappa shape index (κ2) is 28.6. The lowest BCUT2D eigenvalue weighted by Gasteiger charge is -2.20. The molecule has 5 rings (SSSR count). The molecule has 5 heteroatoms. The molecular weight excluding hydrogens is 780 g/mol. The number of rotatable bonds is 32. The van der Waals surface area contributed by atoms with Gasteiger partial charge in [0.15, 0.2) is 0 Å². The maximum absolute atomic E-state index is 13.8. The average molecular weight is 857 g/mol. The van der Waals surface area contributed by atoms with Gasteiger partial charge in [-0.25, -0.2) is 4.57 Å². The summed E-state index contributed by atoms with van der Waals surface area (Å²) in [5.41, 5.74) is 7.57. The van der Waals surface area contributed by atoms with Crippen molar-refractivity contribution in [2.75, 3.05) is 0 Å². The van der Waals surface area contributed by atoms with Crippen molar-refractivity contribution in [3.8, 4) is 17.2 Å². The normalized spacial score (nSPS) is 12.3. The third-order valence-electron chi connectivity index (χ3n) is 12.1. The molecule has 0 amide bonds. The Morgan fingerprint density at radius 2 is 0.790 bits per heavy atom. The van der Waals surface area contributed by atoms with Crippen LogP contribution >= 0.6 is 7.60 Å². The average Bonchev–Trinajstić information content (AvgIpc) is 3.27. The molecule has 0 aliphatic heterocycles. The summed E-state index contributed by atoms with van der Waals surface area (Å²) in [5.74, 6) is 2.02. The summed E-state index contributed by atoms with van der Waals surface area (Å²) in [7, 11) is -4.05. The molecule has 5 aromatic carbocycles. The molecule has 1 N–H and O–H groups in total. The number of hydrogen-bond donors (Lipinski definition) is 1. The summed E-state index contributed by atoms with van der Waals surface area (Å²) < 4.78 is 26.6. The Kier molecular flexibility index (Phi) is 22.5. The van der Waals surface area contributed by atoms with Gasteiger partial charge in [0.2, 0.25) is 0 Å². The molecule has 1 unspecified atom stereocenters. The summed E-state index contributed by atoms with van der Waals surface area (Å²) in [6.45, 7) is 4.55. The van der Waals surface area contributed by atoms with Gasteiger partial charge in [0.1, 0.15) is 17.2 Å². The van der Waals surface area contributed by atoms with E-state index in [1.54, 1.807) is 0 Å². The molecule has 334 valence electrons. The first kappa shape index (κ1) is 48.9. The number of benzene rings is 5. The van der Waals surface area contributed by atoms with Crippen LogP contribution in [0, 0.1) is 0 Å². The van der Waals surface area contributed by atoms with E-state index >= 15 is 0 Å². The SMILES string of the molecule is CCCCCCCCCCCCc1ccc(Oc2c(Cc3ccccc3)cc(CP(=O)(O)Oc3ccc(CCCCCCCCCCCC)cc3)cc2Cc2ccccc2)cc1. The highest BCUT2D eigenvalue weighted by Gasteiger charge is 2.25. The monoisotopic (exact) mass is 857 g/mol. The fourth-order valence-electron chi connectivity index (χ4n) is 8.56. The van der Waals surface area contributed by atoms with Crippen molar-refractivity contribution in [1.82, 2.24) is 0 Å². The fraction of sp³-hybridized carbons (Fsp3) is 0.474. The van der Waals surface area contributed by atoms with Gasteiger partial charge in [-0.3, -0.25) is 0 Å². The van der Waals surface area contributed by atoms with Crippen LogP contribution in [-0.2, 0) is 36.4 Å². The zero-order valence-electron chi connectivity index (χ0n) is 38.3. The van der Waals surface area contributed by atoms with E-state index in [1.165, 1.54) is 133 Å². The summed E-state index contributed by atoms with van der Waals surface area (Å²) in [5, 5.41) is 0. The van der Waals surface area contributed by atoms with E-state index in [-0.39, 0.29) is 6.16 Å². The zero-order valence-corrected chi connectivity index (χ0v) is 39.2. The van der Waals surface area contributed by atoms with E-state index in [2.05, 4.69) is 86.6 Å². The number of ether oxygens (including phenoxy) is 1. The van der Waals surface area contributed by atoms with Crippen molar-refractivity contribution >= 4 is 7.60 Å². The van der Waals surface area contributed by atoms with Gasteiger partial charge < -0.3 is 14.2 Å². The predicted molar refractivity (Wildman–Crippen MR) is 263 cm³/mol. The molecular formula is C57H77O4P. The predicted octanol–water partition coefficient (Wildman–Crippen LogP) is 17.4. The van der Waals surface area contributed by atoms with Gasteiger partial charge in [-0.2, -0.15) is 0 Å². The first-order chi connectivity index (χ1) is 30.4. The standard InChI is InChI=1S/C57H77O4P/c1-3-5-7-9-11-13-15-17-19-23-29-48-35-39-55(40-36-48)60-57-53(43-50-31-25-21-26-32-50)45-52(46-54(57)44-51-33-27-22-28-34-51)47-62(58,59)61-56-41-37-49(38-42-56)30-24-20-18-16-14-12-10-8-6-4-2/h21-22,25-28,31-42,45-46H,3-20,23-24,29-30,43-44,47H2,1-2H3,(H,58,59). The van der Waals surface area contributed by atoms with Crippen molar-refractivity contribution in [1.29, 1.82) is 0 Å². The van der Waals surface area contributed by atoms with Crippen molar-refractivity contribution in [2.45, 2.75) is 174 Å². The minimum Gasteiger partial charge on any atom is -0.457 e. The molecule has 0 aromatic heterocycles. The second-order valence-corrected chi connectivity index (χ2v) is 19.5. The van der Waals surface area contributed by atoms with Crippen molar-refractivity contribution < 1.29 is 18.7 Å². The highest BCUT2D eigenvalue weighted by atomic mass is 31.2. The lowest BCUT2D eigenvalue weighted by molar-refractivity contribution is 0.378. The fourth-order valence-corrected chi connectivity index (χ4v) is 9.72. The smallest absolute Gasteiger partial charge is 0.380 e. The van der Waals surface area contributed by atoms with Crippen LogP contribution in [0.4, 0.5) is 0 Å². The molecule has 0 bridgehead atoms. The van der Waals surface area contributed by atoms with Crippen LogP contribution in [0.3, 0.4) is 0 Å². The van der Waals surface area contributed by atoms with Gasteiger partial charge >= 0.3 is 7.60 Å². The maximum atomic E-state index is 13.8. The Morgan fingerprint density at radius 3 is 1.19 bits per heavy atom. The minimum absolute atomic E-state index is 0.106. The zero-order chi connectivity index (χ0) is 43.5. The third kappa shape index (κ3) is 19.1. The van der Waals surface area contributed by atoms with Crippen LogP contribution in [0.2, 0.25) is 0 Å².